The van der Waals surface area contributed by atoms with Crippen LogP contribution in [0.3, 0.4) is 0 Å². The molecule has 1 aliphatic rings. The number of esters is 1. The van der Waals surface area contributed by atoms with Crippen molar-refractivity contribution in [3.05, 3.63) is 11.4 Å². The van der Waals surface area contributed by atoms with E-state index in [1.54, 1.807) is 6.92 Å². The predicted molar refractivity (Wildman–Crippen MR) is 98.4 cm³/mol. The smallest absolute Gasteiger partial charge is 0.306 e. The minimum absolute atomic E-state index is 0.0367. The maximum absolute atomic E-state index is 15.1. The number of aromatic nitrogens is 3. The molecule has 0 aromatic carbocycles. The van der Waals surface area contributed by atoms with Crippen LogP contribution in [0.1, 0.15) is 70.0 Å². The predicted octanol–water partition coefficient (Wildman–Crippen LogP) is 2.98. The lowest BCUT2D eigenvalue weighted by Gasteiger charge is -2.33. The molecular formula is C19H29F2N3O5. The molecule has 0 radical (unpaired) electrons. The number of hydrogen-bond acceptors (Lipinski definition) is 7. The molecule has 1 aliphatic carbocycles. The van der Waals surface area contributed by atoms with Gasteiger partial charge in [0, 0.05) is 39.0 Å². The first-order valence-corrected chi connectivity index (χ1v) is 9.73. The lowest BCUT2D eigenvalue weighted by atomic mass is 9.82. The summed E-state index contributed by atoms with van der Waals surface area (Å²) < 4.78 is 47.5. The minimum Gasteiger partial charge on any atom is -0.466 e. The van der Waals surface area contributed by atoms with Gasteiger partial charge in [0.05, 0.1) is 24.8 Å². The van der Waals surface area contributed by atoms with Crippen LogP contribution >= 0.6 is 0 Å². The summed E-state index contributed by atoms with van der Waals surface area (Å²) in [5.74, 6) is -5.35. The second kappa shape index (κ2) is 9.71. The van der Waals surface area contributed by atoms with Crippen molar-refractivity contribution < 1.29 is 32.6 Å². The van der Waals surface area contributed by atoms with Crippen LogP contribution in [0.2, 0.25) is 0 Å². The molecule has 1 aromatic heterocycles. The summed E-state index contributed by atoms with van der Waals surface area (Å²) in [5, 5.41) is 7.63. The Morgan fingerprint density at radius 1 is 1.24 bits per heavy atom. The van der Waals surface area contributed by atoms with Gasteiger partial charge in [-0.3, -0.25) is 9.59 Å². The van der Waals surface area contributed by atoms with Crippen molar-refractivity contribution in [3.8, 4) is 0 Å². The van der Waals surface area contributed by atoms with Crippen LogP contribution in [0.5, 0.6) is 0 Å². The SMILES string of the molecule is CCOC(=O)CCC(=O)C1C[C@H](OC)[C@@H](OC)c2c(nnn2C(C)C)C(F)(F)C1. The van der Waals surface area contributed by atoms with Gasteiger partial charge in [-0.1, -0.05) is 5.21 Å². The molecule has 1 heterocycles. The third-order valence-electron chi connectivity index (χ3n) is 5.09. The molecule has 0 N–H and O–H groups in total. The number of ketones is 1. The van der Waals surface area contributed by atoms with Crippen molar-refractivity contribution in [3.63, 3.8) is 0 Å². The van der Waals surface area contributed by atoms with Gasteiger partial charge in [0.15, 0.2) is 5.69 Å². The van der Waals surface area contributed by atoms with Gasteiger partial charge in [-0.2, -0.15) is 8.78 Å². The van der Waals surface area contributed by atoms with Crippen LogP contribution in [0.15, 0.2) is 0 Å². The number of Topliss-reactive ketones (excluding diaryl/α,β-unsaturated/α-hetero) is 1. The molecule has 1 unspecified atom stereocenters. The zero-order valence-corrected chi connectivity index (χ0v) is 17.5. The topological polar surface area (TPSA) is 92.5 Å². The molecule has 0 fully saturated rings. The molecule has 0 saturated carbocycles. The van der Waals surface area contributed by atoms with Gasteiger partial charge in [-0.15, -0.1) is 5.10 Å². The molecule has 0 aliphatic heterocycles. The second-order valence-corrected chi connectivity index (χ2v) is 7.40. The molecule has 3 atom stereocenters. The summed E-state index contributed by atoms with van der Waals surface area (Å²) in [7, 11) is 2.84. The van der Waals surface area contributed by atoms with Crippen molar-refractivity contribution in [2.45, 2.75) is 70.6 Å². The van der Waals surface area contributed by atoms with Crippen LogP contribution in [0.4, 0.5) is 8.78 Å². The van der Waals surface area contributed by atoms with E-state index in [1.807, 2.05) is 13.8 Å². The molecule has 1 aromatic rings. The maximum Gasteiger partial charge on any atom is 0.306 e. The van der Waals surface area contributed by atoms with Crippen molar-refractivity contribution in [2.75, 3.05) is 20.8 Å². The first-order valence-electron chi connectivity index (χ1n) is 9.73. The van der Waals surface area contributed by atoms with Crippen molar-refractivity contribution in [1.82, 2.24) is 15.0 Å². The number of fused-ring (bicyclic) bond motifs is 1. The van der Waals surface area contributed by atoms with Gasteiger partial charge >= 0.3 is 5.97 Å². The number of carbonyl (C=O) groups excluding carboxylic acids is 2. The van der Waals surface area contributed by atoms with Gasteiger partial charge in [0.2, 0.25) is 0 Å². The van der Waals surface area contributed by atoms with E-state index >= 15 is 8.78 Å². The summed E-state index contributed by atoms with van der Waals surface area (Å²) in [6, 6.07) is -0.210. The fourth-order valence-electron chi connectivity index (χ4n) is 3.67. The highest BCUT2D eigenvalue weighted by atomic mass is 19.3. The zero-order valence-electron chi connectivity index (χ0n) is 17.5. The summed E-state index contributed by atoms with van der Waals surface area (Å²) >= 11 is 0. The third-order valence-corrected chi connectivity index (χ3v) is 5.09. The average molecular weight is 417 g/mol. The number of nitrogens with zero attached hydrogens (tertiary/aromatic N) is 3. The Kier molecular flexibility index (Phi) is 7.81. The minimum atomic E-state index is -3.37. The number of halogens is 2. The van der Waals surface area contributed by atoms with E-state index in [-0.39, 0.29) is 37.6 Å². The first-order chi connectivity index (χ1) is 13.7. The van der Waals surface area contributed by atoms with Crippen LogP contribution < -0.4 is 0 Å². The Balaban J connectivity index is 2.37. The standard InChI is InChI=1S/C19H29F2N3O5/c1-6-29-15(26)8-7-13(25)12-9-14(27-4)17(28-5)16-18(19(20,21)10-12)22-23-24(16)11(2)3/h11-12,14,17H,6-10H2,1-5H3/t12?,14-,17+/m0/s1. The maximum atomic E-state index is 15.1. The van der Waals surface area contributed by atoms with Crippen LogP contribution in [-0.2, 0) is 29.7 Å². The average Bonchev–Trinajstić information content (AvgIpc) is 3.10. The van der Waals surface area contributed by atoms with Gasteiger partial charge in [-0.05, 0) is 27.2 Å². The molecule has 10 heteroatoms. The van der Waals surface area contributed by atoms with Gasteiger partial charge in [-0.25, -0.2) is 4.68 Å². The molecule has 2 rings (SSSR count). The molecule has 29 heavy (non-hydrogen) atoms. The number of alkyl halides is 2. The summed E-state index contributed by atoms with van der Waals surface area (Å²) in [6.45, 7) is 5.47. The van der Waals surface area contributed by atoms with Crippen molar-refractivity contribution in [1.29, 1.82) is 0 Å². The first kappa shape index (κ1) is 23.3. The monoisotopic (exact) mass is 417 g/mol. The van der Waals surface area contributed by atoms with Crippen LogP contribution in [0, 0.1) is 5.92 Å². The normalized spacial score (nSPS) is 23.9. The Morgan fingerprint density at radius 2 is 1.93 bits per heavy atom. The molecule has 0 bridgehead atoms. The molecule has 164 valence electrons. The number of ether oxygens (including phenoxy) is 3. The molecule has 8 nitrogen and oxygen atoms in total. The summed E-state index contributed by atoms with van der Waals surface area (Å²) in [5.41, 5.74) is -0.334. The highest BCUT2D eigenvalue weighted by molar-refractivity contribution is 5.85. The van der Waals surface area contributed by atoms with E-state index in [1.165, 1.54) is 18.9 Å². The molecule has 0 spiro atoms. The number of rotatable bonds is 8. The fraction of sp³-hybridized carbons (Fsp3) is 0.789. The van der Waals surface area contributed by atoms with E-state index < -0.39 is 47.9 Å². The molecule has 0 saturated heterocycles. The van der Waals surface area contributed by atoms with E-state index in [4.69, 9.17) is 14.2 Å². The van der Waals surface area contributed by atoms with Gasteiger partial charge in [0.1, 0.15) is 11.9 Å². The van der Waals surface area contributed by atoms with Crippen molar-refractivity contribution in [2.24, 2.45) is 5.92 Å². The van der Waals surface area contributed by atoms with E-state index in [0.717, 1.165) is 0 Å². The zero-order chi connectivity index (χ0) is 21.8. The summed E-state index contributed by atoms with van der Waals surface area (Å²) in [6.07, 6.45) is -2.51. The number of carbonyl (C=O) groups is 2. The van der Waals surface area contributed by atoms with Crippen LogP contribution in [0.25, 0.3) is 0 Å². The van der Waals surface area contributed by atoms with Gasteiger partial charge < -0.3 is 14.2 Å². The molecular weight excluding hydrogens is 388 g/mol. The van der Waals surface area contributed by atoms with E-state index in [0.29, 0.717) is 0 Å². The second-order valence-electron chi connectivity index (χ2n) is 7.40. The molecule has 0 amide bonds. The Morgan fingerprint density at radius 3 is 2.48 bits per heavy atom. The third kappa shape index (κ3) is 5.16. The highest BCUT2D eigenvalue weighted by Gasteiger charge is 2.48. The van der Waals surface area contributed by atoms with Gasteiger partial charge in [0.25, 0.3) is 5.92 Å². The van der Waals surface area contributed by atoms with E-state index in [9.17, 15) is 9.59 Å². The van der Waals surface area contributed by atoms with Crippen LogP contribution in [-0.4, -0.2) is 53.7 Å². The largest absolute Gasteiger partial charge is 0.466 e. The Hall–Kier alpha value is -1.94. The quantitative estimate of drug-likeness (QED) is 0.601. The summed E-state index contributed by atoms with van der Waals surface area (Å²) in [4.78, 5) is 24.2. The van der Waals surface area contributed by atoms with E-state index in [2.05, 4.69) is 10.3 Å². The Bertz CT molecular complexity index is 723. The van der Waals surface area contributed by atoms with Crippen molar-refractivity contribution >= 4 is 11.8 Å². The lowest BCUT2D eigenvalue weighted by molar-refractivity contribution is -0.145. The number of methoxy groups -OCH3 is 2. The fourth-order valence-corrected chi connectivity index (χ4v) is 3.67. The highest BCUT2D eigenvalue weighted by Crippen LogP contribution is 2.44. The lowest BCUT2D eigenvalue weighted by Crippen LogP contribution is -2.37. The number of hydrogen-bond donors (Lipinski definition) is 0. The Labute approximate surface area is 168 Å².